The van der Waals surface area contributed by atoms with Gasteiger partial charge in [0.15, 0.2) is 0 Å². The predicted octanol–water partition coefficient (Wildman–Crippen LogP) is 2.94. The Hall–Kier alpha value is -1.02. The first kappa shape index (κ1) is 11.5. The average molecular weight is 219 g/mol. The van der Waals surface area contributed by atoms with Crippen LogP contribution in [0, 0.1) is 0 Å². The lowest BCUT2D eigenvalue weighted by Gasteiger charge is -2.36. The largest absolute Gasteiger partial charge is 0.497 e. The first-order valence-electron chi connectivity index (χ1n) is 6.20. The van der Waals surface area contributed by atoms with E-state index in [9.17, 15) is 0 Å². The number of ether oxygens (including phenoxy) is 1. The molecule has 0 radical (unpaired) electrons. The number of benzene rings is 1. The van der Waals surface area contributed by atoms with E-state index in [1.807, 2.05) is 0 Å². The number of hydrogen-bond acceptors (Lipinski definition) is 2. The van der Waals surface area contributed by atoms with E-state index in [1.54, 1.807) is 7.11 Å². The van der Waals surface area contributed by atoms with E-state index in [0.717, 1.165) is 24.3 Å². The zero-order chi connectivity index (χ0) is 11.4. The molecule has 0 bridgehead atoms. The summed E-state index contributed by atoms with van der Waals surface area (Å²) in [6, 6.07) is 9.25. The summed E-state index contributed by atoms with van der Waals surface area (Å²) in [4.78, 5) is 0. The third kappa shape index (κ3) is 2.56. The Labute approximate surface area is 98.0 Å². The molecule has 2 heteroatoms. The summed E-state index contributed by atoms with van der Waals surface area (Å²) in [5.74, 6) is 1.70. The predicted molar refractivity (Wildman–Crippen MR) is 67.1 cm³/mol. The highest BCUT2D eigenvalue weighted by molar-refractivity contribution is 5.30. The molecule has 0 atom stereocenters. The normalized spacial score (nSPS) is 23.9. The fraction of sp³-hybridized carbons (Fsp3) is 0.571. The maximum absolute atomic E-state index is 5.16. The number of nitrogens with one attached hydrogen (secondary N) is 1. The van der Waals surface area contributed by atoms with Crippen molar-refractivity contribution in [3.63, 3.8) is 0 Å². The van der Waals surface area contributed by atoms with Crippen LogP contribution in [0.2, 0.25) is 0 Å². The van der Waals surface area contributed by atoms with Crippen LogP contribution in [0.4, 0.5) is 0 Å². The Morgan fingerprint density at radius 3 is 2.50 bits per heavy atom. The molecule has 1 aromatic rings. The smallest absolute Gasteiger partial charge is 0.118 e. The molecule has 0 amide bonds. The second-order valence-corrected chi connectivity index (χ2v) is 4.59. The molecule has 0 heterocycles. The second-order valence-electron chi connectivity index (χ2n) is 4.59. The first-order chi connectivity index (χ1) is 7.83. The van der Waals surface area contributed by atoms with E-state index >= 15 is 0 Å². The van der Waals surface area contributed by atoms with E-state index in [4.69, 9.17) is 4.74 Å². The summed E-state index contributed by atoms with van der Waals surface area (Å²) in [6.45, 7) is 3.37. The van der Waals surface area contributed by atoms with Crippen LogP contribution in [0.3, 0.4) is 0 Å². The Bertz CT molecular complexity index is 314. The van der Waals surface area contributed by atoms with Crippen molar-refractivity contribution in [1.29, 1.82) is 0 Å². The van der Waals surface area contributed by atoms with Crippen LogP contribution in [0.15, 0.2) is 24.3 Å². The summed E-state index contributed by atoms with van der Waals surface area (Å²) < 4.78 is 5.16. The fourth-order valence-corrected chi connectivity index (χ4v) is 2.28. The lowest BCUT2D eigenvalue weighted by molar-refractivity contribution is 0.292. The quantitative estimate of drug-likeness (QED) is 0.822. The Morgan fingerprint density at radius 1 is 1.25 bits per heavy atom. The van der Waals surface area contributed by atoms with Gasteiger partial charge < -0.3 is 10.1 Å². The molecular formula is C14H21NO. The number of rotatable bonds is 5. The molecule has 0 aromatic heterocycles. The van der Waals surface area contributed by atoms with Crippen molar-refractivity contribution in [1.82, 2.24) is 5.32 Å². The fourth-order valence-electron chi connectivity index (χ4n) is 2.28. The lowest BCUT2D eigenvalue weighted by atomic mass is 9.76. The minimum Gasteiger partial charge on any atom is -0.497 e. The van der Waals surface area contributed by atoms with Crippen molar-refractivity contribution in [3.8, 4) is 5.75 Å². The van der Waals surface area contributed by atoms with Gasteiger partial charge in [0.05, 0.1) is 7.11 Å². The van der Waals surface area contributed by atoms with Gasteiger partial charge in [-0.25, -0.2) is 0 Å². The van der Waals surface area contributed by atoms with Gasteiger partial charge in [0, 0.05) is 6.04 Å². The Balaban J connectivity index is 1.82. The Morgan fingerprint density at radius 2 is 1.94 bits per heavy atom. The minimum absolute atomic E-state index is 0.743. The van der Waals surface area contributed by atoms with E-state index in [1.165, 1.54) is 24.8 Å². The van der Waals surface area contributed by atoms with Crippen molar-refractivity contribution >= 4 is 0 Å². The van der Waals surface area contributed by atoms with E-state index < -0.39 is 0 Å². The van der Waals surface area contributed by atoms with Crippen LogP contribution in [0.5, 0.6) is 5.75 Å². The molecule has 1 aliphatic carbocycles. The first-order valence-corrected chi connectivity index (χ1v) is 6.20. The van der Waals surface area contributed by atoms with Crippen molar-refractivity contribution < 1.29 is 4.74 Å². The summed E-state index contributed by atoms with van der Waals surface area (Å²) in [5.41, 5.74) is 1.45. The number of hydrogen-bond donors (Lipinski definition) is 1. The van der Waals surface area contributed by atoms with Gasteiger partial charge in [-0.2, -0.15) is 0 Å². The van der Waals surface area contributed by atoms with E-state index in [-0.39, 0.29) is 0 Å². The summed E-state index contributed by atoms with van der Waals surface area (Å²) >= 11 is 0. The molecule has 0 unspecified atom stereocenters. The minimum atomic E-state index is 0.743. The van der Waals surface area contributed by atoms with Gasteiger partial charge >= 0.3 is 0 Å². The molecule has 0 aliphatic heterocycles. The summed E-state index contributed by atoms with van der Waals surface area (Å²) in [6.07, 6.45) is 3.79. The molecule has 0 spiro atoms. The maximum atomic E-state index is 5.16. The van der Waals surface area contributed by atoms with Gasteiger partial charge in [-0.05, 0) is 49.4 Å². The third-order valence-electron chi connectivity index (χ3n) is 3.41. The van der Waals surface area contributed by atoms with Crippen molar-refractivity contribution in [2.75, 3.05) is 13.7 Å². The second kappa shape index (κ2) is 5.35. The molecule has 2 rings (SSSR count). The third-order valence-corrected chi connectivity index (χ3v) is 3.41. The zero-order valence-corrected chi connectivity index (χ0v) is 10.2. The van der Waals surface area contributed by atoms with Gasteiger partial charge in [-0.3, -0.25) is 0 Å². The molecule has 1 N–H and O–H groups in total. The van der Waals surface area contributed by atoms with Crippen LogP contribution < -0.4 is 10.1 Å². The Kier molecular flexibility index (Phi) is 3.83. The van der Waals surface area contributed by atoms with Crippen LogP contribution in [0.1, 0.15) is 37.7 Å². The molecule has 88 valence electrons. The van der Waals surface area contributed by atoms with Crippen molar-refractivity contribution in [3.05, 3.63) is 29.8 Å². The maximum Gasteiger partial charge on any atom is 0.118 e. The topological polar surface area (TPSA) is 21.3 Å². The van der Waals surface area contributed by atoms with Crippen LogP contribution in [0.25, 0.3) is 0 Å². The SMILES string of the molecule is CCCNC1CC(c2ccc(OC)cc2)C1. The van der Waals surface area contributed by atoms with Gasteiger partial charge in [0.2, 0.25) is 0 Å². The molecule has 2 nitrogen and oxygen atoms in total. The van der Waals surface area contributed by atoms with E-state index in [2.05, 4.69) is 36.5 Å². The van der Waals surface area contributed by atoms with Gasteiger partial charge in [0.25, 0.3) is 0 Å². The van der Waals surface area contributed by atoms with Crippen molar-refractivity contribution in [2.45, 2.75) is 38.1 Å². The molecule has 1 saturated carbocycles. The van der Waals surface area contributed by atoms with Gasteiger partial charge in [-0.1, -0.05) is 19.1 Å². The van der Waals surface area contributed by atoms with Gasteiger partial charge in [-0.15, -0.1) is 0 Å². The standard InChI is InChI=1S/C14H21NO/c1-3-8-15-13-9-12(10-13)11-4-6-14(16-2)7-5-11/h4-7,12-13,15H,3,8-10H2,1-2H3. The molecule has 1 aromatic carbocycles. The average Bonchev–Trinajstić information content (AvgIpc) is 2.28. The van der Waals surface area contributed by atoms with Crippen LogP contribution in [-0.2, 0) is 0 Å². The molecule has 1 aliphatic rings. The highest BCUT2D eigenvalue weighted by atomic mass is 16.5. The zero-order valence-electron chi connectivity index (χ0n) is 10.2. The van der Waals surface area contributed by atoms with Crippen LogP contribution >= 0.6 is 0 Å². The van der Waals surface area contributed by atoms with E-state index in [0.29, 0.717) is 0 Å². The molecule has 16 heavy (non-hydrogen) atoms. The molecule has 0 saturated heterocycles. The number of methoxy groups -OCH3 is 1. The van der Waals surface area contributed by atoms with Crippen LogP contribution in [-0.4, -0.2) is 19.7 Å². The van der Waals surface area contributed by atoms with Gasteiger partial charge in [0.1, 0.15) is 5.75 Å². The van der Waals surface area contributed by atoms with Crippen molar-refractivity contribution in [2.24, 2.45) is 0 Å². The summed E-state index contributed by atoms with van der Waals surface area (Å²) in [7, 11) is 1.71. The molecular weight excluding hydrogens is 198 g/mol. The highest BCUT2D eigenvalue weighted by Crippen LogP contribution is 2.37. The lowest BCUT2D eigenvalue weighted by Crippen LogP contribution is -2.40. The monoisotopic (exact) mass is 219 g/mol. The highest BCUT2D eigenvalue weighted by Gasteiger charge is 2.29. The summed E-state index contributed by atoms with van der Waals surface area (Å²) in [5, 5.41) is 3.57. The molecule has 1 fully saturated rings.